The number of phosphoric acid groups is 1. The highest BCUT2D eigenvalue weighted by atomic mass is 31.2. The molecule has 1 fully saturated rings. The van der Waals surface area contributed by atoms with Crippen LogP contribution in [-0.2, 0) is 30.6 Å². The van der Waals surface area contributed by atoms with Crippen molar-refractivity contribution in [1.29, 1.82) is 0 Å². The van der Waals surface area contributed by atoms with Crippen LogP contribution < -0.4 is 15.8 Å². The second kappa shape index (κ2) is 8.31. The molecule has 2 N–H and O–H groups in total. The lowest BCUT2D eigenvalue weighted by atomic mass is 9.60. The van der Waals surface area contributed by atoms with E-state index in [0.717, 1.165) is 16.3 Å². The number of aryl methyl sites for hydroxylation is 2. The van der Waals surface area contributed by atoms with Crippen LogP contribution in [0, 0.1) is 13.8 Å². The number of phosphoric ester groups is 1. The highest BCUT2D eigenvalue weighted by Crippen LogP contribution is 2.59. The van der Waals surface area contributed by atoms with E-state index < -0.39 is 54.0 Å². The topological polar surface area (TPSA) is 146 Å². The van der Waals surface area contributed by atoms with Gasteiger partial charge in [0.25, 0.3) is 5.56 Å². The summed E-state index contributed by atoms with van der Waals surface area (Å²) in [6, 6.07) is 3.64. The lowest BCUT2D eigenvalue weighted by Crippen LogP contribution is -2.56. The van der Waals surface area contributed by atoms with E-state index in [1.165, 1.54) is 23.5 Å². The molecular weight excluding hydrogens is 483 g/mol. The van der Waals surface area contributed by atoms with Gasteiger partial charge >= 0.3 is 13.5 Å². The van der Waals surface area contributed by atoms with Crippen molar-refractivity contribution >= 4 is 37.6 Å². The molecule has 0 bridgehead atoms. The molecule has 0 aliphatic carbocycles. The minimum atomic E-state index is -4.33. The molecule has 2 aromatic rings. The van der Waals surface area contributed by atoms with Gasteiger partial charge in [-0.15, -0.1) is 0 Å². The molecule has 1 saturated heterocycles. The van der Waals surface area contributed by atoms with E-state index in [1.807, 2.05) is 24.0 Å². The zero-order chi connectivity index (χ0) is 26.0. The lowest BCUT2D eigenvalue weighted by Gasteiger charge is -2.41. The fourth-order valence-corrected chi connectivity index (χ4v) is 5.93. The second-order valence-corrected chi connectivity index (χ2v) is 10.9. The third-order valence-corrected chi connectivity index (χ3v) is 7.87. The SMILES string of the molecule is BC(B)(OP1(=O)OCc2cc(C)cc(C)c2O1)[C@]1(F)C[C@@H](O)[C@](B)(n2cc(C=O)c(=O)[nH]c2=O)O1. The summed E-state index contributed by atoms with van der Waals surface area (Å²) < 4.78 is 52.4. The molecule has 2 aliphatic heterocycles. The van der Waals surface area contributed by atoms with E-state index in [9.17, 15) is 24.1 Å². The molecule has 1 aromatic heterocycles. The van der Waals surface area contributed by atoms with Gasteiger partial charge < -0.3 is 14.4 Å². The van der Waals surface area contributed by atoms with Crippen molar-refractivity contribution < 1.29 is 37.2 Å². The maximum atomic E-state index is 16.3. The molecule has 11 nitrogen and oxygen atoms in total. The van der Waals surface area contributed by atoms with Gasteiger partial charge in [0, 0.05) is 18.2 Å². The predicted molar refractivity (Wildman–Crippen MR) is 129 cm³/mol. The number of halogens is 1. The molecule has 1 unspecified atom stereocenters. The monoisotopic (exact) mass is 506 g/mol. The Hall–Kier alpha value is -2.44. The lowest BCUT2D eigenvalue weighted by molar-refractivity contribution is -0.219. The van der Waals surface area contributed by atoms with Crippen molar-refractivity contribution in [3.05, 3.63) is 61.4 Å². The summed E-state index contributed by atoms with van der Waals surface area (Å²) in [5.74, 6) is -2.49. The van der Waals surface area contributed by atoms with Crippen molar-refractivity contribution in [3.63, 3.8) is 0 Å². The number of ether oxygens (including phenoxy) is 1. The molecule has 0 saturated carbocycles. The van der Waals surface area contributed by atoms with Crippen LogP contribution in [0.25, 0.3) is 0 Å². The van der Waals surface area contributed by atoms with Gasteiger partial charge in [-0.3, -0.25) is 28.2 Å². The summed E-state index contributed by atoms with van der Waals surface area (Å²) in [5.41, 5.74) is -2.12. The van der Waals surface area contributed by atoms with Crippen molar-refractivity contribution in [2.75, 3.05) is 0 Å². The first-order chi connectivity index (χ1) is 16.1. The van der Waals surface area contributed by atoms with Gasteiger partial charge in [0.05, 0.1) is 23.7 Å². The Balaban J connectivity index is 1.65. The molecular formula is C19H23B3FN2O9P. The van der Waals surface area contributed by atoms with Crippen LogP contribution in [0.15, 0.2) is 27.9 Å². The first kappa shape index (κ1) is 25.7. The fourth-order valence-electron chi connectivity index (χ4n) is 4.31. The first-order valence-corrected chi connectivity index (χ1v) is 12.2. The van der Waals surface area contributed by atoms with Crippen molar-refractivity contribution in [2.24, 2.45) is 0 Å². The van der Waals surface area contributed by atoms with Gasteiger partial charge in [-0.1, -0.05) is 17.7 Å². The standard InChI is InChI=1S/C19H23B3FN2O9P/c1-9-3-10(2)14-11(4-9)8-31-35(30,32-14)34-19(21,22)17(23)5-13(27)18(20,33-17)25-6-12(7-26)15(28)24-16(25)29/h3-4,6-7,13,27H,5,8,20-22H2,1-2H3,(H,24,28,29)/t13-,17+,18+,35?/m1/s1. The van der Waals surface area contributed by atoms with Crippen LogP contribution in [0.2, 0.25) is 0 Å². The maximum Gasteiger partial charge on any atom is 0.529 e. The van der Waals surface area contributed by atoms with Gasteiger partial charge in [0.2, 0.25) is 5.85 Å². The maximum absolute atomic E-state index is 16.3. The number of hydrogen-bond acceptors (Lipinski definition) is 9. The number of aromatic nitrogens is 2. The molecule has 0 amide bonds. The normalized spacial score (nSPS) is 30.5. The Kier molecular flexibility index (Phi) is 6.09. The number of nitrogens with one attached hydrogen (secondary N) is 1. The average molecular weight is 506 g/mol. The molecule has 1 aromatic carbocycles. The molecule has 184 valence electrons. The molecule has 4 rings (SSSR count). The minimum absolute atomic E-state index is 0.0903. The van der Waals surface area contributed by atoms with E-state index in [0.29, 0.717) is 16.9 Å². The minimum Gasteiger partial charge on any atom is -0.403 e. The number of alkyl halides is 1. The number of nitrogens with zero attached hydrogens (tertiary/aromatic N) is 1. The zero-order valence-electron chi connectivity index (χ0n) is 19.8. The van der Waals surface area contributed by atoms with Gasteiger partial charge in [-0.25, -0.2) is 13.8 Å². The fraction of sp³-hybridized carbons (Fsp3) is 0.421. The molecule has 3 heterocycles. The number of carbonyl (C=O) groups excluding carboxylic acids is 1. The number of fused-ring (bicyclic) bond motifs is 1. The Morgan fingerprint density at radius 2 is 2.06 bits per heavy atom. The van der Waals surface area contributed by atoms with Crippen molar-refractivity contribution in [3.8, 4) is 5.75 Å². The number of carbonyl (C=O) groups is 1. The number of aliphatic hydroxyl groups is 1. The van der Waals surface area contributed by atoms with E-state index in [4.69, 9.17) is 18.3 Å². The summed E-state index contributed by atoms with van der Waals surface area (Å²) >= 11 is 0. The van der Waals surface area contributed by atoms with E-state index in [2.05, 4.69) is 0 Å². The zero-order valence-corrected chi connectivity index (χ0v) is 20.7. The number of hydrogen-bond donors (Lipinski definition) is 2. The van der Waals surface area contributed by atoms with E-state index in [1.54, 1.807) is 6.92 Å². The Morgan fingerprint density at radius 1 is 1.37 bits per heavy atom. The summed E-state index contributed by atoms with van der Waals surface area (Å²) in [6.45, 7) is 3.56. The number of H-pyrrole nitrogens is 1. The largest absolute Gasteiger partial charge is 0.529 e. The van der Waals surface area contributed by atoms with E-state index in [-0.39, 0.29) is 12.9 Å². The summed E-state index contributed by atoms with van der Waals surface area (Å²) in [5, 5.41) is 8.71. The van der Waals surface area contributed by atoms with Gasteiger partial charge in [-0.2, -0.15) is 0 Å². The van der Waals surface area contributed by atoms with Crippen LogP contribution in [0.1, 0.15) is 33.5 Å². The Labute approximate surface area is 201 Å². The number of aromatic amines is 1. The smallest absolute Gasteiger partial charge is 0.403 e. The third-order valence-electron chi connectivity index (χ3n) is 6.33. The van der Waals surface area contributed by atoms with Gasteiger partial charge in [0.1, 0.15) is 27.1 Å². The summed E-state index contributed by atoms with van der Waals surface area (Å²) in [7, 11) is -0.645. The van der Waals surface area contributed by atoms with Crippen LogP contribution >= 0.6 is 7.82 Å². The van der Waals surface area contributed by atoms with Gasteiger partial charge in [0.15, 0.2) is 14.1 Å². The molecule has 2 aliphatic rings. The number of aliphatic hydroxyl groups excluding tert-OH is 1. The van der Waals surface area contributed by atoms with Gasteiger partial charge in [-0.05, 0) is 19.4 Å². The highest BCUT2D eigenvalue weighted by molar-refractivity contribution is 7.49. The van der Waals surface area contributed by atoms with Crippen LogP contribution in [0.5, 0.6) is 5.75 Å². The molecule has 0 spiro atoms. The highest BCUT2D eigenvalue weighted by Gasteiger charge is 2.63. The van der Waals surface area contributed by atoms with Crippen LogP contribution in [0.4, 0.5) is 4.39 Å². The summed E-state index contributed by atoms with van der Waals surface area (Å²) in [6.07, 6.45) is -1.25. The number of rotatable bonds is 5. The van der Waals surface area contributed by atoms with E-state index >= 15 is 4.39 Å². The second-order valence-electron chi connectivity index (χ2n) is 9.42. The summed E-state index contributed by atoms with van der Waals surface area (Å²) in [4.78, 5) is 37.3. The molecule has 16 heteroatoms. The predicted octanol–water partition coefficient (Wildman–Crippen LogP) is -1.69. The first-order valence-electron chi connectivity index (χ1n) is 10.8. The number of aldehydes is 1. The average Bonchev–Trinajstić information content (AvgIpc) is 2.98. The molecule has 0 radical (unpaired) electrons. The third kappa shape index (κ3) is 4.25. The molecule has 4 atom stereocenters. The van der Waals surface area contributed by atoms with Crippen LogP contribution in [0.3, 0.4) is 0 Å². The number of benzene rings is 1. The molecule has 35 heavy (non-hydrogen) atoms. The van der Waals surface area contributed by atoms with Crippen molar-refractivity contribution in [2.45, 2.75) is 49.9 Å². The van der Waals surface area contributed by atoms with Crippen LogP contribution in [-0.4, -0.2) is 61.8 Å². The Morgan fingerprint density at radius 3 is 2.71 bits per heavy atom. The van der Waals surface area contributed by atoms with Crippen molar-refractivity contribution in [1.82, 2.24) is 9.55 Å². The Bertz CT molecular complexity index is 1380. The quantitative estimate of drug-likeness (QED) is 0.276.